The van der Waals surface area contributed by atoms with Crippen molar-refractivity contribution in [3.63, 3.8) is 0 Å². The zero-order valence-corrected chi connectivity index (χ0v) is 11.1. The number of nitrogens with zero attached hydrogens (tertiary/aromatic N) is 2. The summed E-state index contributed by atoms with van der Waals surface area (Å²) in [5, 5.41) is 3.37. The van der Waals surface area contributed by atoms with Crippen molar-refractivity contribution in [2.24, 2.45) is 0 Å². The van der Waals surface area contributed by atoms with E-state index in [1.807, 2.05) is 0 Å². The molecule has 1 N–H and O–H groups in total. The number of carbonyl (C=O) groups is 1. The van der Waals surface area contributed by atoms with E-state index in [0.29, 0.717) is 24.5 Å². The molecule has 1 saturated carbocycles. The number of amides is 1. The van der Waals surface area contributed by atoms with Gasteiger partial charge < -0.3 is 10.2 Å². The van der Waals surface area contributed by atoms with Crippen LogP contribution in [0.4, 0.5) is 0 Å². The second kappa shape index (κ2) is 5.83. The van der Waals surface area contributed by atoms with Gasteiger partial charge in [0.05, 0.1) is 6.54 Å². The van der Waals surface area contributed by atoms with Crippen LogP contribution in [0.15, 0.2) is 0 Å². The van der Waals surface area contributed by atoms with Gasteiger partial charge in [0.2, 0.25) is 5.91 Å². The van der Waals surface area contributed by atoms with Crippen LogP contribution in [-0.4, -0.2) is 60.5 Å². The van der Waals surface area contributed by atoms with Gasteiger partial charge in [0.1, 0.15) is 0 Å². The maximum Gasteiger partial charge on any atom is 0.236 e. The summed E-state index contributed by atoms with van der Waals surface area (Å²) in [6.07, 6.45) is 3.59. The molecule has 0 spiro atoms. The minimum atomic E-state index is 0.323. The molecule has 0 aromatic heterocycles. The minimum absolute atomic E-state index is 0.323. The Morgan fingerprint density at radius 1 is 1.18 bits per heavy atom. The van der Waals surface area contributed by atoms with Gasteiger partial charge in [-0.2, -0.15) is 0 Å². The van der Waals surface area contributed by atoms with Gasteiger partial charge in [0.25, 0.3) is 0 Å². The lowest BCUT2D eigenvalue weighted by atomic mass is 10.2. The molecule has 17 heavy (non-hydrogen) atoms. The first kappa shape index (κ1) is 12.8. The number of hydrogen-bond acceptors (Lipinski definition) is 3. The maximum atomic E-state index is 12.2. The lowest BCUT2D eigenvalue weighted by Gasteiger charge is -2.29. The van der Waals surface area contributed by atoms with Crippen molar-refractivity contribution in [1.29, 1.82) is 0 Å². The Kier molecular flexibility index (Phi) is 4.40. The molecule has 0 aromatic rings. The summed E-state index contributed by atoms with van der Waals surface area (Å²) in [5.74, 6) is 0.323. The van der Waals surface area contributed by atoms with Crippen molar-refractivity contribution in [2.45, 2.75) is 45.2 Å². The summed E-state index contributed by atoms with van der Waals surface area (Å²) in [6, 6.07) is 1.11. The van der Waals surface area contributed by atoms with Gasteiger partial charge in [-0.15, -0.1) is 0 Å². The summed E-state index contributed by atoms with van der Waals surface area (Å²) in [6.45, 7) is 8.81. The number of likely N-dealkylation sites (N-methyl/N-ethyl adjacent to an activating group) is 2. The molecule has 1 heterocycles. The first-order valence-corrected chi connectivity index (χ1v) is 7.00. The molecule has 2 aliphatic rings. The normalized spacial score (nSPS) is 24.3. The summed E-state index contributed by atoms with van der Waals surface area (Å²) < 4.78 is 0. The fourth-order valence-corrected chi connectivity index (χ4v) is 2.74. The molecule has 0 radical (unpaired) electrons. The molecule has 1 atom stereocenters. The Morgan fingerprint density at radius 3 is 2.41 bits per heavy atom. The van der Waals surface area contributed by atoms with Crippen molar-refractivity contribution >= 4 is 5.91 Å². The monoisotopic (exact) mass is 239 g/mol. The van der Waals surface area contributed by atoms with E-state index in [1.54, 1.807) is 0 Å². The zero-order valence-electron chi connectivity index (χ0n) is 11.1. The van der Waals surface area contributed by atoms with E-state index < -0.39 is 0 Å². The molecule has 4 heteroatoms. The smallest absolute Gasteiger partial charge is 0.236 e. The van der Waals surface area contributed by atoms with E-state index in [2.05, 4.69) is 29.0 Å². The van der Waals surface area contributed by atoms with E-state index in [9.17, 15) is 4.79 Å². The first-order chi connectivity index (χ1) is 8.26. The van der Waals surface area contributed by atoms with Crippen LogP contribution in [0.5, 0.6) is 0 Å². The lowest BCUT2D eigenvalue weighted by Crippen LogP contribution is -2.46. The SMILES string of the molecule is CCN(CC(=O)N(CC)C1CC1)C1CCNC1. The molecule has 1 aliphatic heterocycles. The Hall–Kier alpha value is -0.610. The van der Waals surface area contributed by atoms with Gasteiger partial charge in [-0.25, -0.2) is 0 Å². The Labute approximate surface area is 104 Å². The fraction of sp³-hybridized carbons (Fsp3) is 0.923. The standard InChI is InChI=1S/C13H25N3O/c1-3-15(12-7-8-14-9-12)10-13(17)16(4-2)11-5-6-11/h11-12,14H,3-10H2,1-2H3. The third-order valence-electron chi connectivity index (χ3n) is 3.94. The van der Waals surface area contributed by atoms with Crippen LogP contribution in [0, 0.1) is 0 Å². The fourth-order valence-electron chi connectivity index (χ4n) is 2.74. The van der Waals surface area contributed by atoms with Crippen LogP contribution in [0.1, 0.15) is 33.1 Å². The summed E-state index contributed by atoms with van der Waals surface area (Å²) >= 11 is 0. The number of hydrogen-bond donors (Lipinski definition) is 1. The minimum Gasteiger partial charge on any atom is -0.339 e. The van der Waals surface area contributed by atoms with E-state index in [1.165, 1.54) is 19.3 Å². The molecule has 1 amide bonds. The molecule has 2 rings (SSSR count). The van der Waals surface area contributed by atoms with Crippen LogP contribution < -0.4 is 5.32 Å². The van der Waals surface area contributed by atoms with E-state index in [0.717, 1.165) is 26.2 Å². The number of rotatable bonds is 6. The zero-order chi connectivity index (χ0) is 12.3. The number of carbonyl (C=O) groups excluding carboxylic acids is 1. The molecule has 98 valence electrons. The topological polar surface area (TPSA) is 35.6 Å². The summed E-state index contributed by atoms with van der Waals surface area (Å²) in [4.78, 5) is 16.6. The van der Waals surface area contributed by atoms with Crippen molar-refractivity contribution in [2.75, 3.05) is 32.7 Å². The predicted molar refractivity (Wildman–Crippen MR) is 68.9 cm³/mol. The van der Waals surface area contributed by atoms with Crippen molar-refractivity contribution < 1.29 is 4.79 Å². The molecule has 2 fully saturated rings. The Balaban J connectivity index is 1.85. The lowest BCUT2D eigenvalue weighted by molar-refractivity contribution is -0.133. The average Bonchev–Trinajstić information content (AvgIpc) is 3.01. The van der Waals surface area contributed by atoms with Gasteiger partial charge in [-0.05, 0) is 39.3 Å². The van der Waals surface area contributed by atoms with Crippen LogP contribution in [0.25, 0.3) is 0 Å². The molecule has 0 bridgehead atoms. The van der Waals surface area contributed by atoms with Crippen LogP contribution >= 0.6 is 0 Å². The van der Waals surface area contributed by atoms with E-state index >= 15 is 0 Å². The average molecular weight is 239 g/mol. The van der Waals surface area contributed by atoms with Gasteiger partial charge in [0, 0.05) is 25.2 Å². The van der Waals surface area contributed by atoms with Crippen LogP contribution in [0.2, 0.25) is 0 Å². The van der Waals surface area contributed by atoms with Gasteiger partial charge >= 0.3 is 0 Å². The quantitative estimate of drug-likeness (QED) is 0.740. The van der Waals surface area contributed by atoms with E-state index in [4.69, 9.17) is 0 Å². The highest BCUT2D eigenvalue weighted by Crippen LogP contribution is 2.26. The number of nitrogens with one attached hydrogen (secondary N) is 1. The van der Waals surface area contributed by atoms with E-state index in [-0.39, 0.29) is 0 Å². The molecular weight excluding hydrogens is 214 g/mol. The molecule has 1 aliphatic carbocycles. The van der Waals surface area contributed by atoms with Gasteiger partial charge in [0.15, 0.2) is 0 Å². The Morgan fingerprint density at radius 2 is 1.94 bits per heavy atom. The first-order valence-electron chi connectivity index (χ1n) is 7.00. The highest BCUT2D eigenvalue weighted by Gasteiger charge is 2.32. The predicted octanol–water partition coefficient (Wildman–Crippen LogP) is 0.681. The summed E-state index contributed by atoms with van der Waals surface area (Å²) in [5.41, 5.74) is 0. The van der Waals surface area contributed by atoms with Crippen LogP contribution in [-0.2, 0) is 4.79 Å². The second-order valence-corrected chi connectivity index (χ2v) is 5.12. The third kappa shape index (κ3) is 3.19. The molecular formula is C13H25N3O. The molecule has 1 unspecified atom stereocenters. The highest BCUT2D eigenvalue weighted by atomic mass is 16.2. The second-order valence-electron chi connectivity index (χ2n) is 5.12. The largest absolute Gasteiger partial charge is 0.339 e. The molecule has 0 aromatic carbocycles. The highest BCUT2D eigenvalue weighted by molar-refractivity contribution is 5.79. The maximum absolute atomic E-state index is 12.2. The van der Waals surface area contributed by atoms with Crippen molar-refractivity contribution in [3.05, 3.63) is 0 Å². The van der Waals surface area contributed by atoms with Gasteiger partial charge in [-0.3, -0.25) is 9.69 Å². The third-order valence-corrected chi connectivity index (χ3v) is 3.94. The van der Waals surface area contributed by atoms with Crippen LogP contribution in [0.3, 0.4) is 0 Å². The van der Waals surface area contributed by atoms with Crippen molar-refractivity contribution in [3.8, 4) is 0 Å². The summed E-state index contributed by atoms with van der Waals surface area (Å²) in [7, 11) is 0. The Bertz CT molecular complexity index is 259. The molecule has 1 saturated heterocycles. The van der Waals surface area contributed by atoms with Crippen molar-refractivity contribution in [1.82, 2.24) is 15.1 Å². The molecule has 4 nitrogen and oxygen atoms in total. The van der Waals surface area contributed by atoms with Gasteiger partial charge in [-0.1, -0.05) is 6.92 Å².